The van der Waals surface area contributed by atoms with Crippen molar-refractivity contribution in [1.82, 2.24) is 4.98 Å². The van der Waals surface area contributed by atoms with Crippen molar-refractivity contribution >= 4 is 57.2 Å². The predicted molar refractivity (Wildman–Crippen MR) is 55.3 cm³/mol. The van der Waals surface area contributed by atoms with Gasteiger partial charge in [0.1, 0.15) is 9.52 Å². The molecule has 0 atom stereocenters. The minimum absolute atomic E-state index is 0.251. The van der Waals surface area contributed by atoms with Crippen molar-refractivity contribution in [2.45, 2.75) is 0 Å². The number of hydrogen-bond donors (Lipinski definition) is 1. The minimum atomic E-state index is -0.573. The van der Waals surface area contributed by atoms with Gasteiger partial charge in [0, 0.05) is 11.6 Å². The Balaban J connectivity index is 2.67. The van der Waals surface area contributed by atoms with Crippen LogP contribution in [0.5, 0.6) is 0 Å². The van der Waals surface area contributed by atoms with Crippen molar-refractivity contribution in [3.8, 4) is 0 Å². The lowest BCUT2D eigenvalue weighted by atomic mass is 10.6. The second kappa shape index (κ2) is 4.81. The highest BCUT2D eigenvalue weighted by Crippen LogP contribution is 2.20. The summed E-state index contributed by atoms with van der Waals surface area (Å²) in [5.41, 5.74) is 0. The molecule has 1 aromatic heterocycles. The summed E-state index contributed by atoms with van der Waals surface area (Å²) in [6.45, 7) is 0. The summed E-state index contributed by atoms with van der Waals surface area (Å²) in [4.78, 5) is 15.0. The first-order chi connectivity index (χ1) is 6.11. The van der Waals surface area contributed by atoms with Gasteiger partial charge in [-0.05, 0) is 0 Å². The molecule has 0 aliphatic carbocycles. The van der Waals surface area contributed by atoms with E-state index < -0.39 is 5.91 Å². The number of amides is 1. The normalized spacial score (nSPS) is 9.46. The molecule has 0 unspecified atom stereocenters. The first-order valence-electron chi connectivity index (χ1n) is 3.03. The fourth-order valence-corrected chi connectivity index (χ4v) is 1.27. The molecule has 0 spiro atoms. The standard InChI is InChI=1S/C6H3Cl3N2OS/c7-3(4(8)9)5(12)11-6-10-1-2-13-6/h1-2H,(H,10,11,12). The van der Waals surface area contributed by atoms with Crippen molar-refractivity contribution in [3.63, 3.8) is 0 Å². The predicted octanol–water partition coefficient (Wildman–Crippen LogP) is 2.97. The van der Waals surface area contributed by atoms with Crippen molar-refractivity contribution in [1.29, 1.82) is 0 Å². The highest BCUT2D eigenvalue weighted by atomic mass is 35.5. The minimum Gasteiger partial charge on any atom is -0.297 e. The van der Waals surface area contributed by atoms with E-state index in [1.807, 2.05) is 0 Å². The quantitative estimate of drug-likeness (QED) is 0.828. The van der Waals surface area contributed by atoms with E-state index in [9.17, 15) is 4.79 Å². The van der Waals surface area contributed by atoms with Crippen molar-refractivity contribution in [2.75, 3.05) is 5.32 Å². The number of carbonyl (C=O) groups excluding carboxylic acids is 1. The van der Waals surface area contributed by atoms with Gasteiger partial charge in [-0.2, -0.15) is 0 Å². The zero-order chi connectivity index (χ0) is 9.84. The molecule has 1 amide bonds. The maximum Gasteiger partial charge on any atom is 0.271 e. The van der Waals surface area contributed by atoms with E-state index in [2.05, 4.69) is 10.3 Å². The van der Waals surface area contributed by atoms with Gasteiger partial charge in [0.05, 0.1) is 0 Å². The summed E-state index contributed by atoms with van der Waals surface area (Å²) in [5.74, 6) is -0.573. The van der Waals surface area contributed by atoms with Crippen LogP contribution < -0.4 is 5.32 Å². The molecule has 0 saturated heterocycles. The lowest BCUT2D eigenvalue weighted by molar-refractivity contribution is -0.112. The van der Waals surface area contributed by atoms with E-state index in [0.717, 1.165) is 0 Å². The highest BCUT2D eigenvalue weighted by Gasteiger charge is 2.11. The first-order valence-corrected chi connectivity index (χ1v) is 5.04. The Labute approximate surface area is 93.3 Å². The summed E-state index contributed by atoms with van der Waals surface area (Å²) < 4.78 is -0.268. The van der Waals surface area contributed by atoms with E-state index in [4.69, 9.17) is 34.8 Å². The topological polar surface area (TPSA) is 42.0 Å². The number of nitrogens with one attached hydrogen (secondary N) is 1. The smallest absolute Gasteiger partial charge is 0.271 e. The van der Waals surface area contributed by atoms with Crippen LogP contribution >= 0.6 is 46.1 Å². The molecule has 0 aliphatic rings. The Morgan fingerprint density at radius 1 is 1.46 bits per heavy atom. The molecule has 0 radical (unpaired) electrons. The molecule has 3 nitrogen and oxygen atoms in total. The lowest BCUT2D eigenvalue weighted by Crippen LogP contribution is -2.11. The summed E-state index contributed by atoms with van der Waals surface area (Å²) in [6.07, 6.45) is 1.56. The SMILES string of the molecule is O=C(Nc1nccs1)C(Cl)=C(Cl)Cl. The number of anilines is 1. The first kappa shape index (κ1) is 10.8. The van der Waals surface area contributed by atoms with Crippen LogP contribution in [-0.2, 0) is 4.79 Å². The summed E-state index contributed by atoms with van der Waals surface area (Å²) in [7, 11) is 0. The van der Waals surface area contributed by atoms with Crippen LogP contribution in [0.1, 0.15) is 0 Å². The Hall–Kier alpha value is -0.290. The number of carbonyl (C=O) groups is 1. The van der Waals surface area contributed by atoms with Crippen LogP contribution in [0, 0.1) is 0 Å². The Morgan fingerprint density at radius 3 is 2.62 bits per heavy atom. The van der Waals surface area contributed by atoms with E-state index >= 15 is 0 Å². The number of nitrogens with zero attached hydrogens (tertiary/aromatic N) is 1. The summed E-state index contributed by atoms with van der Waals surface area (Å²) in [6, 6.07) is 0. The van der Waals surface area contributed by atoms with E-state index in [1.165, 1.54) is 11.3 Å². The third kappa shape index (κ3) is 3.15. The molecule has 13 heavy (non-hydrogen) atoms. The van der Waals surface area contributed by atoms with Crippen molar-refractivity contribution in [3.05, 3.63) is 21.1 Å². The molecule has 1 rings (SSSR count). The van der Waals surface area contributed by atoms with Gasteiger partial charge in [0.2, 0.25) is 0 Å². The van der Waals surface area contributed by atoms with Gasteiger partial charge in [-0.15, -0.1) is 11.3 Å². The van der Waals surface area contributed by atoms with Gasteiger partial charge < -0.3 is 0 Å². The zero-order valence-corrected chi connectivity index (χ0v) is 9.14. The molecule has 70 valence electrons. The molecule has 7 heteroatoms. The van der Waals surface area contributed by atoms with Crippen LogP contribution in [0.3, 0.4) is 0 Å². The zero-order valence-electron chi connectivity index (χ0n) is 6.05. The van der Waals surface area contributed by atoms with Crippen molar-refractivity contribution in [2.24, 2.45) is 0 Å². The largest absolute Gasteiger partial charge is 0.297 e. The van der Waals surface area contributed by atoms with Gasteiger partial charge in [0.25, 0.3) is 5.91 Å². The van der Waals surface area contributed by atoms with E-state index in [-0.39, 0.29) is 9.52 Å². The molecule has 0 aliphatic heterocycles. The number of halogens is 3. The second-order valence-electron chi connectivity index (χ2n) is 1.87. The molecule has 0 aromatic carbocycles. The van der Waals surface area contributed by atoms with Crippen LogP contribution in [0.2, 0.25) is 0 Å². The summed E-state index contributed by atoms with van der Waals surface area (Å²) in [5, 5.41) is 4.32. The molecule has 0 saturated carbocycles. The molecular formula is C6H3Cl3N2OS. The number of aromatic nitrogens is 1. The maximum atomic E-state index is 11.1. The molecule has 0 bridgehead atoms. The lowest BCUT2D eigenvalue weighted by Gasteiger charge is -1.98. The second-order valence-corrected chi connectivity index (χ2v) is 4.09. The third-order valence-electron chi connectivity index (χ3n) is 1.02. The van der Waals surface area contributed by atoms with Gasteiger partial charge >= 0.3 is 0 Å². The van der Waals surface area contributed by atoms with Crippen molar-refractivity contribution < 1.29 is 4.79 Å². The van der Waals surface area contributed by atoms with E-state index in [1.54, 1.807) is 11.6 Å². The van der Waals surface area contributed by atoms with Gasteiger partial charge in [-0.3, -0.25) is 10.1 Å². The fourth-order valence-electron chi connectivity index (χ4n) is 0.523. The number of hydrogen-bond acceptors (Lipinski definition) is 3. The monoisotopic (exact) mass is 256 g/mol. The van der Waals surface area contributed by atoms with Crippen LogP contribution in [0.4, 0.5) is 5.13 Å². The highest BCUT2D eigenvalue weighted by molar-refractivity contribution is 7.13. The average molecular weight is 258 g/mol. The molecule has 0 fully saturated rings. The van der Waals surface area contributed by atoms with Gasteiger partial charge in [-0.25, -0.2) is 4.98 Å². The van der Waals surface area contributed by atoms with Crippen LogP contribution in [-0.4, -0.2) is 10.9 Å². The fraction of sp³-hybridized carbons (Fsp3) is 0. The molecule has 1 N–H and O–H groups in total. The molecule has 1 heterocycles. The Kier molecular flexibility index (Phi) is 3.99. The third-order valence-corrected chi connectivity index (χ3v) is 2.64. The molecule has 1 aromatic rings. The van der Waals surface area contributed by atoms with Crippen LogP contribution in [0.25, 0.3) is 0 Å². The summed E-state index contributed by atoms with van der Waals surface area (Å²) >= 11 is 17.3. The van der Waals surface area contributed by atoms with Gasteiger partial charge in [0.15, 0.2) is 5.13 Å². The van der Waals surface area contributed by atoms with E-state index in [0.29, 0.717) is 5.13 Å². The van der Waals surface area contributed by atoms with Crippen LogP contribution in [0.15, 0.2) is 21.1 Å². The Bertz CT molecular complexity index is 332. The maximum absolute atomic E-state index is 11.1. The average Bonchev–Trinajstić information content (AvgIpc) is 2.55. The Morgan fingerprint density at radius 2 is 2.15 bits per heavy atom. The number of rotatable bonds is 2. The number of thiazole rings is 1. The van der Waals surface area contributed by atoms with Gasteiger partial charge in [-0.1, -0.05) is 34.8 Å². The molecular weight excluding hydrogens is 255 g/mol.